The first-order valence-electron chi connectivity index (χ1n) is 13.2. The molecular weight excluding hydrogens is 495 g/mol. The third kappa shape index (κ3) is 4.71. The van der Waals surface area contributed by atoms with Crippen LogP contribution in [0.3, 0.4) is 0 Å². The largest absolute Gasteiger partial charge is 0.455 e. The number of fused-ring (bicyclic) bond motifs is 5. The number of anilines is 2. The molecule has 2 bridgehead atoms. The minimum atomic E-state index is -0.382. The Kier molecular flexibility index (Phi) is 6.58. The first-order chi connectivity index (χ1) is 18.5. The lowest BCUT2D eigenvalue weighted by molar-refractivity contribution is 0.0918. The van der Waals surface area contributed by atoms with Crippen molar-refractivity contribution in [1.82, 2.24) is 10.6 Å². The van der Waals surface area contributed by atoms with E-state index in [1.807, 2.05) is 45.0 Å². The second-order valence-electron chi connectivity index (χ2n) is 10.7. The van der Waals surface area contributed by atoms with E-state index in [0.717, 1.165) is 22.5 Å². The van der Waals surface area contributed by atoms with E-state index in [9.17, 15) is 14.0 Å². The molecule has 1 aromatic heterocycles. The van der Waals surface area contributed by atoms with Crippen molar-refractivity contribution in [2.24, 2.45) is 0 Å². The summed E-state index contributed by atoms with van der Waals surface area (Å²) >= 11 is 0. The number of hydrogen-bond donors (Lipinski definition) is 2. The summed E-state index contributed by atoms with van der Waals surface area (Å²) in [4.78, 5) is 26.4. The maximum Gasteiger partial charge on any atom is 0.255 e. The van der Waals surface area contributed by atoms with Crippen LogP contribution in [0.2, 0.25) is 0 Å². The number of hydrogen-bond acceptors (Lipinski definition) is 5. The van der Waals surface area contributed by atoms with Crippen LogP contribution in [0, 0.1) is 5.82 Å². The monoisotopic (exact) mass is 528 g/mol. The predicted octanol–water partition coefficient (Wildman–Crippen LogP) is 6.38. The molecule has 1 aliphatic rings. The minimum absolute atomic E-state index is 0.151. The van der Waals surface area contributed by atoms with Crippen LogP contribution in [0.4, 0.5) is 15.8 Å². The van der Waals surface area contributed by atoms with E-state index in [1.54, 1.807) is 19.2 Å². The molecule has 0 saturated carbocycles. The number of benzene rings is 3. The van der Waals surface area contributed by atoms with Crippen molar-refractivity contribution in [3.8, 4) is 22.5 Å². The topological polar surface area (TPSA) is 77.8 Å². The number of carbonyl (C=O) groups is 2. The quantitative estimate of drug-likeness (QED) is 0.315. The van der Waals surface area contributed by atoms with Crippen LogP contribution in [-0.4, -0.2) is 37.5 Å². The van der Waals surface area contributed by atoms with E-state index in [4.69, 9.17) is 4.42 Å². The predicted molar refractivity (Wildman–Crippen MR) is 154 cm³/mol. The van der Waals surface area contributed by atoms with E-state index in [0.29, 0.717) is 46.5 Å². The molecule has 5 rings (SSSR count). The Morgan fingerprint density at radius 2 is 1.59 bits per heavy atom. The third-order valence-electron chi connectivity index (χ3n) is 6.81. The number of halogens is 1. The number of rotatable bonds is 5. The lowest BCUT2D eigenvalue weighted by Crippen LogP contribution is -2.43. The van der Waals surface area contributed by atoms with Gasteiger partial charge in [-0.25, -0.2) is 4.39 Å². The molecule has 202 valence electrons. The van der Waals surface area contributed by atoms with Crippen LogP contribution in [0.5, 0.6) is 0 Å². The summed E-state index contributed by atoms with van der Waals surface area (Å²) in [5.74, 6) is -0.447. The fourth-order valence-corrected chi connectivity index (χ4v) is 5.16. The number of nitrogens with zero attached hydrogens (tertiary/aromatic N) is 2. The van der Waals surface area contributed by atoms with Crippen LogP contribution in [0.25, 0.3) is 33.4 Å². The van der Waals surface area contributed by atoms with Gasteiger partial charge in [-0.1, -0.05) is 0 Å². The van der Waals surface area contributed by atoms with Gasteiger partial charge in [0.25, 0.3) is 11.8 Å². The minimum Gasteiger partial charge on any atom is -0.455 e. The normalized spacial score (nSPS) is 12.8. The zero-order chi connectivity index (χ0) is 28.1. The third-order valence-corrected chi connectivity index (χ3v) is 6.81. The summed E-state index contributed by atoms with van der Waals surface area (Å²) in [7, 11) is 1.57. The first-order valence-corrected chi connectivity index (χ1v) is 13.2. The smallest absolute Gasteiger partial charge is 0.255 e. The molecule has 0 aliphatic carbocycles. The molecule has 0 saturated heterocycles. The molecule has 8 heteroatoms. The zero-order valence-corrected chi connectivity index (χ0v) is 23.1. The van der Waals surface area contributed by atoms with Crippen molar-refractivity contribution < 1.29 is 18.4 Å². The van der Waals surface area contributed by atoms with Gasteiger partial charge in [0.1, 0.15) is 17.2 Å². The molecule has 0 radical (unpaired) electrons. The van der Waals surface area contributed by atoms with Crippen molar-refractivity contribution in [1.29, 1.82) is 0 Å². The number of amides is 2. The van der Waals surface area contributed by atoms with Gasteiger partial charge in [0.05, 0.1) is 16.9 Å². The lowest BCUT2D eigenvalue weighted by atomic mass is 9.96. The highest BCUT2D eigenvalue weighted by molar-refractivity contribution is 6.13. The van der Waals surface area contributed by atoms with Crippen LogP contribution in [0.15, 0.2) is 59.0 Å². The molecular formula is C31H33FN4O3. The average Bonchev–Trinajstić information content (AvgIpc) is 3.24. The molecule has 2 N–H and O–H groups in total. The SMILES string of the molecule is CCN1c2cc(C(=O)NC(C)(C)C)cc(c2)-c2cc3c(C(=O)NC)c(-c4ccc(F)cc4)oc3cc2N1CC. The summed E-state index contributed by atoms with van der Waals surface area (Å²) < 4.78 is 20.0. The van der Waals surface area contributed by atoms with E-state index in [-0.39, 0.29) is 23.2 Å². The van der Waals surface area contributed by atoms with E-state index in [1.165, 1.54) is 12.1 Å². The van der Waals surface area contributed by atoms with Crippen LogP contribution in [-0.2, 0) is 0 Å². The van der Waals surface area contributed by atoms with E-state index in [2.05, 4.69) is 40.6 Å². The van der Waals surface area contributed by atoms with Gasteiger partial charge >= 0.3 is 0 Å². The first kappa shape index (κ1) is 26.3. The summed E-state index contributed by atoms with van der Waals surface area (Å²) in [6, 6.07) is 15.7. The molecule has 0 spiro atoms. The fraction of sp³-hybridized carbons (Fsp3) is 0.290. The van der Waals surface area contributed by atoms with Crippen molar-refractivity contribution >= 4 is 34.2 Å². The molecule has 2 heterocycles. The zero-order valence-electron chi connectivity index (χ0n) is 23.1. The molecule has 0 unspecified atom stereocenters. The van der Waals surface area contributed by atoms with Crippen molar-refractivity contribution in [3.05, 3.63) is 71.5 Å². The average molecular weight is 529 g/mol. The van der Waals surface area contributed by atoms with Gasteiger partial charge in [-0.15, -0.1) is 0 Å². The van der Waals surface area contributed by atoms with Gasteiger partial charge in [-0.3, -0.25) is 19.6 Å². The second-order valence-corrected chi connectivity index (χ2v) is 10.7. The molecule has 4 aromatic rings. The molecule has 7 nitrogen and oxygen atoms in total. The molecule has 39 heavy (non-hydrogen) atoms. The maximum absolute atomic E-state index is 13.7. The highest BCUT2D eigenvalue weighted by Gasteiger charge is 2.29. The Hall–Kier alpha value is -4.33. The molecule has 0 atom stereocenters. The van der Waals surface area contributed by atoms with Crippen LogP contribution >= 0.6 is 0 Å². The number of nitrogens with one attached hydrogen (secondary N) is 2. The van der Waals surface area contributed by atoms with Crippen molar-refractivity contribution in [3.63, 3.8) is 0 Å². The standard InChI is InChI=1S/C31H33FN4O3/c1-7-35-22-14-19(13-20(15-22)29(37)34-31(3,4)5)23-16-24-26(17-25(23)36(35)8-2)39-28(27(24)30(38)33-6)18-9-11-21(32)12-10-18/h9-17H,7-8H2,1-6H3,(H,33,38)(H,34,37). The number of furan rings is 1. The van der Waals surface area contributed by atoms with Gasteiger partial charge in [-0.2, -0.15) is 0 Å². The lowest BCUT2D eigenvalue weighted by Gasteiger charge is -2.36. The second kappa shape index (κ2) is 9.76. The van der Waals surface area contributed by atoms with Gasteiger partial charge in [0.15, 0.2) is 0 Å². The highest BCUT2D eigenvalue weighted by atomic mass is 19.1. The maximum atomic E-state index is 13.7. The molecule has 2 amide bonds. The Morgan fingerprint density at radius 3 is 2.21 bits per heavy atom. The molecule has 1 aliphatic heterocycles. The van der Waals surface area contributed by atoms with Crippen LogP contribution in [0.1, 0.15) is 55.3 Å². The number of hydrazine groups is 1. The summed E-state index contributed by atoms with van der Waals surface area (Å²) in [5.41, 5.74) is 5.25. The summed E-state index contributed by atoms with van der Waals surface area (Å²) in [6.07, 6.45) is 0. The van der Waals surface area contributed by atoms with E-state index >= 15 is 0 Å². The van der Waals surface area contributed by atoms with Gasteiger partial charge in [0, 0.05) is 53.8 Å². The van der Waals surface area contributed by atoms with Gasteiger partial charge in [-0.05, 0) is 88.7 Å². The fourth-order valence-electron chi connectivity index (χ4n) is 5.16. The van der Waals surface area contributed by atoms with Crippen LogP contribution < -0.4 is 20.7 Å². The molecule has 0 fully saturated rings. The van der Waals surface area contributed by atoms with Crippen molar-refractivity contribution in [2.75, 3.05) is 30.2 Å². The Bertz CT molecular complexity index is 1580. The Morgan fingerprint density at radius 1 is 0.897 bits per heavy atom. The summed E-state index contributed by atoms with van der Waals surface area (Å²) in [5, 5.41) is 10.7. The summed E-state index contributed by atoms with van der Waals surface area (Å²) in [6.45, 7) is 11.3. The number of carbonyl (C=O) groups excluding carboxylic acids is 2. The highest BCUT2D eigenvalue weighted by Crippen LogP contribution is 2.44. The molecule has 3 aromatic carbocycles. The van der Waals surface area contributed by atoms with Gasteiger partial charge in [0.2, 0.25) is 0 Å². The Labute approximate surface area is 227 Å². The van der Waals surface area contributed by atoms with Gasteiger partial charge < -0.3 is 15.1 Å². The Balaban J connectivity index is 1.78. The van der Waals surface area contributed by atoms with E-state index < -0.39 is 0 Å². The van der Waals surface area contributed by atoms with Crippen molar-refractivity contribution in [2.45, 2.75) is 40.2 Å².